The molecule has 1 aromatic heterocycles. The SMILES string of the molecule is CCC[C@@]1(OC(=O)N[C@H](C(=O)N2CC[C@@H](CC)[C@H]2C(=O)C(C)C)C(C)(C)C)C[C@H]1CCCCCc1nc2ccc(OC)cc2[nH]c1=O. The Morgan fingerprint density at radius 1 is 1.15 bits per heavy atom. The number of alkyl carbamates (subject to hydrolysis) is 1. The van der Waals surface area contributed by atoms with E-state index in [4.69, 9.17) is 9.47 Å². The highest BCUT2D eigenvalue weighted by molar-refractivity contribution is 5.94. The Morgan fingerprint density at radius 3 is 2.53 bits per heavy atom. The number of aromatic nitrogens is 2. The first-order valence-corrected chi connectivity index (χ1v) is 17.6. The van der Waals surface area contributed by atoms with Crippen LogP contribution in [0.1, 0.15) is 112 Å². The van der Waals surface area contributed by atoms with Gasteiger partial charge >= 0.3 is 6.09 Å². The molecule has 2 aliphatic rings. The van der Waals surface area contributed by atoms with E-state index in [-0.39, 0.29) is 35.0 Å². The Kier molecular flexibility index (Phi) is 11.8. The molecule has 2 amide bonds. The van der Waals surface area contributed by atoms with Gasteiger partial charge in [-0.3, -0.25) is 14.4 Å². The number of likely N-dealkylation sites (tertiary alicyclic amines) is 1. The average Bonchev–Trinajstić information content (AvgIpc) is 3.49. The fraction of sp³-hybridized carbons (Fsp3) is 0.703. The van der Waals surface area contributed by atoms with Crippen LogP contribution in [0.3, 0.4) is 0 Å². The summed E-state index contributed by atoms with van der Waals surface area (Å²) in [4.78, 5) is 62.4. The van der Waals surface area contributed by atoms with Crippen LogP contribution in [0.2, 0.25) is 0 Å². The fourth-order valence-electron chi connectivity index (χ4n) is 7.29. The third-order valence-electron chi connectivity index (χ3n) is 10.1. The van der Waals surface area contributed by atoms with E-state index >= 15 is 0 Å². The van der Waals surface area contributed by atoms with Crippen molar-refractivity contribution in [2.75, 3.05) is 13.7 Å². The summed E-state index contributed by atoms with van der Waals surface area (Å²) < 4.78 is 11.4. The molecule has 2 N–H and O–H groups in total. The maximum Gasteiger partial charge on any atom is 0.408 e. The summed E-state index contributed by atoms with van der Waals surface area (Å²) in [5.74, 6) is 0.785. The van der Waals surface area contributed by atoms with E-state index in [1.165, 1.54) is 0 Å². The van der Waals surface area contributed by atoms with Crippen LogP contribution >= 0.6 is 0 Å². The van der Waals surface area contributed by atoms with E-state index in [1.807, 2.05) is 46.8 Å². The number of H-pyrrole nitrogens is 1. The van der Waals surface area contributed by atoms with Gasteiger partial charge in [0.2, 0.25) is 5.91 Å². The number of nitrogens with zero attached hydrogens (tertiary/aromatic N) is 2. The first kappa shape index (κ1) is 36.4. The van der Waals surface area contributed by atoms with Gasteiger partial charge in [-0.25, -0.2) is 9.78 Å². The topological polar surface area (TPSA) is 131 Å². The van der Waals surface area contributed by atoms with Crippen LogP contribution in [0.25, 0.3) is 11.0 Å². The minimum absolute atomic E-state index is 0.0852. The molecular weight excluding hydrogens is 596 g/mol. The molecule has 1 aliphatic carbocycles. The average molecular weight is 653 g/mol. The number of nitrogens with one attached hydrogen (secondary N) is 2. The summed E-state index contributed by atoms with van der Waals surface area (Å²) in [7, 11) is 1.59. The molecule has 260 valence electrons. The molecule has 2 fully saturated rings. The third-order valence-corrected chi connectivity index (χ3v) is 10.1. The lowest BCUT2D eigenvalue weighted by Crippen LogP contribution is -2.58. The largest absolute Gasteiger partial charge is 0.497 e. The van der Waals surface area contributed by atoms with Gasteiger partial charge in [-0.1, -0.05) is 74.1 Å². The minimum atomic E-state index is -0.808. The van der Waals surface area contributed by atoms with E-state index < -0.39 is 29.2 Å². The molecule has 47 heavy (non-hydrogen) atoms. The van der Waals surface area contributed by atoms with Gasteiger partial charge in [-0.15, -0.1) is 0 Å². The highest BCUT2D eigenvalue weighted by Crippen LogP contribution is 2.53. The Bertz CT molecular complexity index is 1480. The van der Waals surface area contributed by atoms with Crippen LogP contribution in [0.5, 0.6) is 5.75 Å². The summed E-state index contributed by atoms with van der Waals surface area (Å²) in [6.07, 6.45) is 7.82. The van der Waals surface area contributed by atoms with Gasteiger partial charge < -0.3 is 24.7 Å². The van der Waals surface area contributed by atoms with Crippen LogP contribution < -0.4 is 15.6 Å². The molecular formula is C37H56N4O6. The lowest BCUT2D eigenvalue weighted by molar-refractivity contribution is -0.143. The highest BCUT2D eigenvalue weighted by atomic mass is 16.6. The first-order valence-electron chi connectivity index (χ1n) is 17.6. The Morgan fingerprint density at radius 2 is 1.89 bits per heavy atom. The standard InChI is InChI=1S/C37H56N4O6/c1-9-19-37(22-25(37)14-12-11-13-15-28-33(43)39-29-21-26(46-8)16-17-27(29)38-28)47-35(45)40-32(36(5,6)7)34(44)41-20-18-24(10-2)30(41)31(42)23(3)4/h16-17,21,23-25,30,32H,9-15,18-20,22H2,1-8H3,(H,39,43)(H,40,45)/t24-,25-,30+,32-,37-/m1/s1. The molecule has 2 aromatic rings. The van der Waals surface area contributed by atoms with Gasteiger partial charge in [-0.05, 0) is 62.0 Å². The van der Waals surface area contributed by atoms with E-state index in [0.29, 0.717) is 29.9 Å². The Hall–Kier alpha value is -3.43. The van der Waals surface area contributed by atoms with Crippen LogP contribution in [0, 0.1) is 23.2 Å². The second-order valence-electron chi connectivity index (χ2n) is 15.0. The van der Waals surface area contributed by atoms with E-state index in [0.717, 1.165) is 63.3 Å². The summed E-state index contributed by atoms with van der Waals surface area (Å²) >= 11 is 0. The number of fused-ring (bicyclic) bond motifs is 1. The number of benzene rings is 1. The molecule has 10 heteroatoms. The number of carbonyl (C=O) groups excluding carboxylic acids is 3. The quantitative estimate of drug-likeness (QED) is 0.208. The number of hydrogen-bond donors (Lipinski definition) is 2. The molecule has 1 aliphatic heterocycles. The molecule has 0 spiro atoms. The van der Waals surface area contributed by atoms with E-state index in [2.05, 4.69) is 29.1 Å². The fourth-order valence-corrected chi connectivity index (χ4v) is 7.29. The number of unbranched alkanes of at least 4 members (excludes halogenated alkanes) is 2. The molecule has 0 unspecified atom stereocenters. The molecule has 4 rings (SSSR count). The van der Waals surface area contributed by atoms with Crippen LogP contribution in [-0.2, 0) is 20.7 Å². The van der Waals surface area contributed by atoms with Gasteiger partial charge in [-0.2, -0.15) is 0 Å². The summed E-state index contributed by atoms with van der Waals surface area (Å²) in [5.41, 5.74) is 0.686. The summed E-state index contributed by atoms with van der Waals surface area (Å²) in [6.45, 7) is 14.2. The highest BCUT2D eigenvalue weighted by Gasteiger charge is 2.56. The van der Waals surface area contributed by atoms with Gasteiger partial charge in [0.1, 0.15) is 23.1 Å². The molecule has 1 aromatic carbocycles. The molecule has 1 saturated heterocycles. The van der Waals surface area contributed by atoms with Crippen molar-refractivity contribution in [2.45, 2.75) is 130 Å². The normalized spacial score (nSPS) is 23.2. The van der Waals surface area contributed by atoms with Crippen LogP contribution in [0.4, 0.5) is 4.79 Å². The number of ketones is 1. The minimum Gasteiger partial charge on any atom is -0.497 e. The van der Waals surface area contributed by atoms with Crippen LogP contribution in [0.15, 0.2) is 23.0 Å². The van der Waals surface area contributed by atoms with Gasteiger partial charge in [0.25, 0.3) is 5.56 Å². The Balaban J connectivity index is 1.31. The van der Waals surface area contributed by atoms with E-state index in [9.17, 15) is 19.2 Å². The summed E-state index contributed by atoms with van der Waals surface area (Å²) in [5, 5.41) is 2.94. The zero-order valence-corrected chi connectivity index (χ0v) is 29.7. The number of ether oxygens (including phenoxy) is 2. The molecule has 2 heterocycles. The third kappa shape index (κ3) is 8.54. The maximum atomic E-state index is 14.0. The number of rotatable bonds is 15. The van der Waals surface area contributed by atoms with Gasteiger partial charge in [0.15, 0.2) is 5.78 Å². The lowest BCUT2D eigenvalue weighted by Gasteiger charge is -2.36. The monoisotopic (exact) mass is 652 g/mol. The lowest BCUT2D eigenvalue weighted by atomic mass is 9.84. The molecule has 0 bridgehead atoms. The molecule has 1 saturated carbocycles. The number of methoxy groups -OCH3 is 1. The van der Waals surface area contributed by atoms with E-state index in [1.54, 1.807) is 18.1 Å². The van der Waals surface area contributed by atoms with Crippen molar-refractivity contribution in [3.05, 3.63) is 34.2 Å². The van der Waals surface area contributed by atoms with Crippen LogP contribution in [-0.4, -0.2) is 64.0 Å². The number of aromatic amines is 1. The number of Topliss-reactive ketones (excluding diaryl/α,β-unsaturated/α-hetero) is 1. The molecule has 0 radical (unpaired) electrons. The van der Waals surface area contributed by atoms with Crippen molar-refractivity contribution in [2.24, 2.45) is 23.2 Å². The Labute approximate surface area is 279 Å². The second-order valence-corrected chi connectivity index (χ2v) is 15.0. The second kappa shape index (κ2) is 15.2. The van der Waals surface area contributed by atoms with Crippen molar-refractivity contribution in [1.29, 1.82) is 0 Å². The predicted octanol–water partition coefficient (Wildman–Crippen LogP) is 6.59. The maximum absolute atomic E-state index is 14.0. The van der Waals surface area contributed by atoms with Gasteiger partial charge in [0.05, 0.1) is 24.2 Å². The first-order chi connectivity index (χ1) is 22.2. The number of hydrogen-bond acceptors (Lipinski definition) is 7. The van der Waals surface area contributed by atoms with Crippen molar-refractivity contribution < 1.29 is 23.9 Å². The molecule has 10 nitrogen and oxygen atoms in total. The van der Waals surface area contributed by atoms with Gasteiger partial charge in [0, 0.05) is 24.4 Å². The van der Waals surface area contributed by atoms with Crippen molar-refractivity contribution >= 4 is 28.8 Å². The zero-order chi connectivity index (χ0) is 34.5. The molecule has 5 atom stereocenters. The predicted molar refractivity (Wildman–Crippen MR) is 183 cm³/mol. The van der Waals surface area contributed by atoms with Crippen molar-refractivity contribution in [3.8, 4) is 5.75 Å². The van der Waals surface area contributed by atoms with Crippen molar-refractivity contribution in [1.82, 2.24) is 20.2 Å². The smallest absolute Gasteiger partial charge is 0.408 e. The number of aryl methyl sites for hydroxylation is 1. The summed E-state index contributed by atoms with van der Waals surface area (Å²) in [6, 6.07) is 4.20. The number of carbonyl (C=O) groups is 3. The zero-order valence-electron chi connectivity index (χ0n) is 29.7. The van der Waals surface area contributed by atoms with Crippen molar-refractivity contribution in [3.63, 3.8) is 0 Å². The number of amides is 2.